The molecule has 3 aliphatic rings. The molecular weight excluding hydrogens is 615 g/mol. The summed E-state index contributed by atoms with van der Waals surface area (Å²) in [6, 6.07) is 12.1. The zero-order chi connectivity index (χ0) is 31.3. The molecule has 0 radical (unpaired) electrons. The molecule has 246 valence electrons. The van der Waals surface area contributed by atoms with Gasteiger partial charge < -0.3 is 25.4 Å². The van der Waals surface area contributed by atoms with E-state index in [1.165, 1.54) is 0 Å². The number of amides is 3. The zero-order valence-electron chi connectivity index (χ0n) is 26.3. The number of nitrogens with zero attached hydrogens (tertiary/aromatic N) is 2. The van der Waals surface area contributed by atoms with Gasteiger partial charge in [-0.2, -0.15) is 0 Å². The van der Waals surface area contributed by atoms with Crippen molar-refractivity contribution in [3.63, 3.8) is 0 Å². The number of aliphatic hydroxyl groups is 1. The number of ether oxygens (including phenoxy) is 1. The molecule has 2 aromatic rings. The number of hydrogen-bond donors (Lipinski definition) is 3. The molecule has 3 amide bonds. The van der Waals surface area contributed by atoms with Crippen LogP contribution in [0, 0.1) is 0 Å². The number of carbonyl (C=O) groups excluding carboxylic acids is 3. The smallest absolute Gasteiger partial charge is 0.251 e. The summed E-state index contributed by atoms with van der Waals surface area (Å²) in [6.45, 7) is 4.78. The van der Waals surface area contributed by atoms with Crippen LogP contribution in [-0.2, 0) is 16.1 Å². The first-order valence-electron chi connectivity index (χ1n) is 16.0. The third-order valence-corrected chi connectivity index (χ3v) is 9.87. The first-order chi connectivity index (χ1) is 21.2. The highest BCUT2D eigenvalue weighted by molar-refractivity contribution is 6.32. The second-order valence-electron chi connectivity index (χ2n) is 12.6. The Bertz CT molecular complexity index is 1340. The minimum Gasteiger partial charge on any atom is -0.456 e. The van der Waals surface area contributed by atoms with Crippen molar-refractivity contribution >= 4 is 41.7 Å². The van der Waals surface area contributed by atoms with Crippen molar-refractivity contribution in [2.75, 3.05) is 26.7 Å². The molecule has 1 aliphatic carbocycles. The average molecular weight is 662 g/mol. The maximum absolute atomic E-state index is 13.8. The molecule has 9 nitrogen and oxygen atoms in total. The summed E-state index contributed by atoms with van der Waals surface area (Å²) in [6.07, 6.45) is 7.66. The number of piperazine rings is 1. The van der Waals surface area contributed by atoms with Gasteiger partial charge >= 0.3 is 0 Å². The number of carbonyl (C=O) groups is 3. The number of piperidine rings is 1. The predicted octanol–water partition coefficient (Wildman–Crippen LogP) is 5.46. The number of unbranched alkanes of at least 4 members (excludes halogenated alkanes) is 1. The third-order valence-electron chi connectivity index (χ3n) is 9.57. The van der Waals surface area contributed by atoms with Crippen molar-refractivity contribution in [1.82, 2.24) is 20.4 Å². The van der Waals surface area contributed by atoms with Crippen LogP contribution in [0.2, 0.25) is 5.02 Å². The maximum atomic E-state index is 13.8. The first-order valence-corrected chi connectivity index (χ1v) is 16.4. The van der Waals surface area contributed by atoms with E-state index in [0.717, 1.165) is 44.2 Å². The van der Waals surface area contributed by atoms with Crippen molar-refractivity contribution in [3.8, 4) is 11.5 Å². The topological polar surface area (TPSA) is 111 Å². The van der Waals surface area contributed by atoms with Crippen LogP contribution in [0.3, 0.4) is 0 Å². The van der Waals surface area contributed by atoms with E-state index in [0.29, 0.717) is 73.8 Å². The quantitative estimate of drug-likeness (QED) is 0.312. The Balaban J connectivity index is 0.00000461. The van der Waals surface area contributed by atoms with Gasteiger partial charge in [-0.1, -0.05) is 56.3 Å². The van der Waals surface area contributed by atoms with Crippen molar-refractivity contribution in [2.45, 2.75) is 94.9 Å². The van der Waals surface area contributed by atoms with E-state index >= 15 is 0 Å². The Labute approximate surface area is 277 Å². The number of likely N-dealkylation sites (tertiary alicyclic amines) is 1. The normalized spacial score (nSPS) is 21.2. The van der Waals surface area contributed by atoms with Crippen molar-refractivity contribution in [1.29, 1.82) is 0 Å². The highest BCUT2D eigenvalue weighted by Gasteiger charge is 2.54. The molecule has 2 aliphatic heterocycles. The fourth-order valence-corrected chi connectivity index (χ4v) is 7.16. The summed E-state index contributed by atoms with van der Waals surface area (Å²) >= 11 is 6.34. The van der Waals surface area contributed by atoms with Gasteiger partial charge in [0.25, 0.3) is 5.91 Å². The molecule has 0 unspecified atom stereocenters. The molecule has 3 N–H and O–H groups in total. The Morgan fingerprint density at radius 3 is 2.38 bits per heavy atom. The summed E-state index contributed by atoms with van der Waals surface area (Å²) < 4.78 is 5.95. The fraction of sp³-hybridized carbons (Fsp3) is 0.559. The summed E-state index contributed by atoms with van der Waals surface area (Å²) in [7, 11) is 1.57. The van der Waals surface area contributed by atoms with Gasteiger partial charge in [0.15, 0.2) is 0 Å². The van der Waals surface area contributed by atoms with Gasteiger partial charge in [-0.05, 0) is 68.0 Å². The van der Waals surface area contributed by atoms with Crippen LogP contribution in [0.1, 0.15) is 87.1 Å². The third kappa shape index (κ3) is 7.94. The predicted molar refractivity (Wildman–Crippen MR) is 177 cm³/mol. The number of nitrogens with one attached hydrogen (secondary N) is 2. The summed E-state index contributed by atoms with van der Waals surface area (Å²) in [5.41, 5.74) is -0.133. The molecule has 0 aromatic heterocycles. The Morgan fingerprint density at radius 1 is 1.07 bits per heavy atom. The Morgan fingerprint density at radius 2 is 1.76 bits per heavy atom. The molecule has 2 heterocycles. The van der Waals surface area contributed by atoms with Gasteiger partial charge in [-0.15, -0.1) is 12.4 Å². The zero-order valence-corrected chi connectivity index (χ0v) is 27.9. The van der Waals surface area contributed by atoms with Crippen molar-refractivity contribution in [3.05, 3.63) is 58.6 Å². The number of rotatable bonds is 10. The molecule has 0 bridgehead atoms. The minimum absolute atomic E-state index is 0. The van der Waals surface area contributed by atoms with Gasteiger partial charge in [-0.25, -0.2) is 0 Å². The largest absolute Gasteiger partial charge is 0.456 e. The SMILES string of the molecule is CCCCN1C(=O)[C@@H](CC2(O)CCCCC2)NC(=O)C12CCN(Cc1ccc(Oc3ccc(C(=O)NC)cc3Cl)cc1)CC2.Cl. The number of hydrogen-bond acceptors (Lipinski definition) is 6. The number of benzene rings is 2. The van der Waals surface area contributed by atoms with Crippen LogP contribution >= 0.6 is 24.0 Å². The lowest BCUT2D eigenvalue weighted by molar-refractivity contribution is -0.163. The van der Waals surface area contributed by atoms with Gasteiger partial charge in [0.1, 0.15) is 23.1 Å². The molecule has 2 aromatic carbocycles. The average Bonchev–Trinajstić information content (AvgIpc) is 3.02. The standard InChI is InChI=1S/C34H45ClN4O5.ClH/c1-3-4-18-39-31(41)28(22-33(43)14-6-5-7-15-33)37-32(42)34(39)16-19-38(20-17-34)23-24-8-11-26(12-9-24)44-29-13-10-25(21-27(29)35)30(40)36-2;/h8-13,21,28,43H,3-7,14-20,22-23H2,1-2H3,(H,36,40)(H,37,42);1H/t28-;/m1./s1. The monoisotopic (exact) mass is 660 g/mol. The minimum atomic E-state index is -0.875. The fourth-order valence-electron chi connectivity index (χ4n) is 6.94. The van der Waals surface area contributed by atoms with Crippen LogP contribution in [0.15, 0.2) is 42.5 Å². The summed E-state index contributed by atoms with van der Waals surface area (Å²) in [4.78, 5) is 43.6. The van der Waals surface area contributed by atoms with Gasteiger partial charge in [0.05, 0.1) is 10.6 Å². The highest BCUT2D eigenvalue weighted by atomic mass is 35.5. The molecule has 3 fully saturated rings. The van der Waals surface area contributed by atoms with Gasteiger partial charge in [-0.3, -0.25) is 19.3 Å². The molecular formula is C34H46Cl2N4O5. The van der Waals surface area contributed by atoms with E-state index in [9.17, 15) is 19.5 Å². The maximum Gasteiger partial charge on any atom is 0.251 e. The Hall–Kier alpha value is -2.85. The molecule has 1 spiro atoms. The van der Waals surface area contributed by atoms with Crippen LogP contribution < -0.4 is 15.4 Å². The van der Waals surface area contributed by atoms with E-state index in [1.807, 2.05) is 29.2 Å². The molecule has 1 atom stereocenters. The van der Waals surface area contributed by atoms with E-state index in [1.54, 1.807) is 25.2 Å². The Kier molecular flexibility index (Phi) is 11.8. The summed E-state index contributed by atoms with van der Waals surface area (Å²) in [5, 5.41) is 17.1. The molecule has 5 rings (SSSR count). The molecule has 45 heavy (non-hydrogen) atoms. The van der Waals surface area contributed by atoms with Gasteiger partial charge in [0.2, 0.25) is 11.8 Å². The van der Waals surface area contributed by atoms with Crippen molar-refractivity contribution < 1.29 is 24.2 Å². The second-order valence-corrected chi connectivity index (χ2v) is 13.0. The lowest BCUT2D eigenvalue weighted by Gasteiger charge is -2.52. The second kappa shape index (κ2) is 15.2. The van der Waals surface area contributed by atoms with Crippen LogP contribution in [0.25, 0.3) is 0 Å². The highest BCUT2D eigenvalue weighted by Crippen LogP contribution is 2.38. The lowest BCUT2D eigenvalue weighted by Crippen LogP contribution is -2.73. The van der Waals surface area contributed by atoms with E-state index < -0.39 is 17.2 Å². The van der Waals surface area contributed by atoms with Crippen molar-refractivity contribution in [2.24, 2.45) is 0 Å². The van der Waals surface area contributed by atoms with E-state index in [4.69, 9.17) is 16.3 Å². The molecule has 11 heteroatoms. The lowest BCUT2D eigenvalue weighted by atomic mass is 9.77. The van der Waals surface area contributed by atoms with Crippen LogP contribution in [0.5, 0.6) is 11.5 Å². The number of halogens is 2. The summed E-state index contributed by atoms with van der Waals surface area (Å²) in [5.74, 6) is 0.785. The molecule has 1 saturated carbocycles. The first kappa shape index (κ1) is 35.0. The van der Waals surface area contributed by atoms with Crippen LogP contribution in [0.4, 0.5) is 0 Å². The van der Waals surface area contributed by atoms with E-state index in [2.05, 4.69) is 22.5 Å². The molecule has 2 saturated heterocycles. The van der Waals surface area contributed by atoms with Crippen LogP contribution in [-0.4, -0.2) is 76.5 Å². The van der Waals surface area contributed by atoms with Gasteiger partial charge in [0, 0.05) is 45.2 Å². The van der Waals surface area contributed by atoms with E-state index in [-0.39, 0.29) is 30.1 Å².